The Morgan fingerprint density at radius 1 is 1.59 bits per heavy atom. The average Bonchev–Trinajstić information content (AvgIpc) is 2.81. The number of thioether (sulfide) groups is 1. The Labute approximate surface area is 106 Å². The number of carbonyl (C=O) groups is 2. The number of carbonyl (C=O) groups excluding carboxylic acids is 1. The molecule has 4 nitrogen and oxygen atoms in total. The first-order chi connectivity index (χ1) is 8.06. The normalized spacial score (nSPS) is 16.5. The van der Waals surface area contributed by atoms with Crippen LogP contribution in [0.2, 0.25) is 0 Å². The van der Waals surface area contributed by atoms with E-state index < -0.39 is 11.2 Å². The van der Waals surface area contributed by atoms with Gasteiger partial charge in [0.25, 0.3) is 0 Å². The number of carboxylic acids is 1. The number of allylic oxidation sites excluding steroid dienone is 2. The molecule has 0 bridgehead atoms. The van der Waals surface area contributed by atoms with Crippen LogP contribution in [0.4, 0.5) is 0 Å². The number of hydrogen-bond donors (Lipinski definition) is 1. The fourth-order valence-electron chi connectivity index (χ4n) is 1.75. The van der Waals surface area contributed by atoms with E-state index in [1.165, 1.54) is 11.8 Å². The summed E-state index contributed by atoms with van der Waals surface area (Å²) in [5.41, 5.74) is 1.07. The molecule has 0 aromatic heterocycles. The summed E-state index contributed by atoms with van der Waals surface area (Å²) in [7, 11) is 1.77. The summed E-state index contributed by atoms with van der Waals surface area (Å²) in [5, 5.41) is 8.40. The lowest BCUT2D eigenvalue weighted by molar-refractivity contribution is -0.136. The third-order valence-corrected chi connectivity index (χ3v) is 4.23. The second-order valence-corrected chi connectivity index (χ2v) is 5.28. The van der Waals surface area contributed by atoms with Gasteiger partial charge in [-0.25, -0.2) is 0 Å². The van der Waals surface area contributed by atoms with Gasteiger partial charge in [-0.05, 0) is 25.7 Å². The highest BCUT2D eigenvalue weighted by molar-refractivity contribution is 8.01. The predicted octanol–water partition coefficient (Wildman–Crippen LogP) is 2.11. The minimum Gasteiger partial charge on any atom is -0.480 e. The van der Waals surface area contributed by atoms with Gasteiger partial charge in [-0.2, -0.15) is 0 Å². The van der Waals surface area contributed by atoms with Gasteiger partial charge >= 0.3 is 5.97 Å². The molecule has 0 aromatic rings. The van der Waals surface area contributed by atoms with Gasteiger partial charge in [-0.1, -0.05) is 13.0 Å². The fourth-order valence-corrected chi connectivity index (χ4v) is 2.67. The average molecular weight is 257 g/mol. The Morgan fingerprint density at radius 2 is 2.29 bits per heavy atom. The summed E-state index contributed by atoms with van der Waals surface area (Å²) in [4.78, 5) is 24.3. The molecular formula is C12H19NO3S. The highest BCUT2D eigenvalue weighted by atomic mass is 32.2. The van der Waals surface area contributed by atoms with Crippen LogP contribution < -0.4 is 0 Å². The van der Waals surface area contributed by atoms with Crippen LogP contribution in [0.1, 0.15) is 32.6 Å². The van der Waals surface area contributed by atoms with Gasteiger partial charge in [0.05, 0.1) is 5.75 Å². The number of aliphatic carboxylic acids is 1. The quantitative estimate of drug-likeness (QED) is 0.791. The highest BCUT2D eigenvalue weighted by Gasteiger charge is 2.20. The van der Waals surface area contributed by atoms with E-state index in [9.17, 15) is 9.59 Å². The van der Waals surface area contributed by atoms with E-state index in [0.29, 0.717) is 6.42 Å². The second-order valence-electron chi connectivity index (χ2n) is 4.09. The number of rotatable bonds is 6. The topological polar surface area (TPSA) is 57.6 Å². The van der Waals surface area contributed by atoms with Gasteiger partial charge in [0.1, 0.15) is 5.25 Å². The molecule has 1 aliphatic carbocycles. The zero-order valence-corrected chi connectivity index (χ0v) is 11.1. The van der Waals surface area contributed by atoms with Crippen molar-refractivity contribution < 1.29 is 14.7 Å². The van der Waals surface area contributed by atoms with Crippen LogP contribution in [0, 0.1) is 0 Å². The van der Waals surface area contributed by atoms with Crippen LogP contribution in [0.15, 0.2) is 11.8 Å². The molecule has 0 radical (unpaired) electrons. The zero-order valence-electron chi connectivity index (χ0n) is 10.3. The van der Waals surface area contributed by atoms with Crippen molar-refractivity contribution in [2.75, 3.05) is 12.8 Å². The molecule has 5 heteroatoms. The van der Waals surface area contributed by atoms with Crippen LogP contribution in [-0.4, -0.2) is 39.9 Å². The van der Waals surface area contributed by atoms with Gasteiger partial charge in [-0.15, -0.1) is 11.8 Å². The van der Waals surface area contributed by atoms with Gasteiger partial charge in [0.2, 0.25) is 5.91 Å². The Hall–Kier alpha value is -0.970. The summed E-state index contributed by atoms with van der Waals surface area (Å²) in [5.74, 6) is -0.616. The predicted molar refractivity (Wildman–Crippen MR) is 68.9 cm³/mol. The zero-order chi connectivity index (χ0) is 12.8. The van der Waals surface area contributed by atoms with Crippen molar-refractivity contribution >= 4 is 23.6 Å². The molecule has 96 valence electrons. The van der Waals surface area contributed by atoms with Crippen molar-refractivity contribution in [1.82, 2.24) is 4.90 Å². The first kappa shape index (κ1) is 14.1. The summed E-state index contributed by atoms with van der Waals surface area (Å²) in [6, 6.07) is 0. The molecule has 0 heterocycles. The number of nitrogens with zero attached hydrogens (tertiary/aromatic N) is 1. The van der Waals surface area contributed by atoms with E-state index in [1.54, 1.807) is 11.9 Å². The summed E-state index contributed by atoms with van der Waals surface area (Å²) in [6.45, 7) is 1.82. The highest BCUT2D eigenvalue weighted by Crippen LogP contribution is 2.22. The lowest BCUT2D eigenvalue weighted by Gasteiger charge is -2.19. The van der Waals surface area contributed by atoms with Crippen molar-refractivity contribution in [2.24, 2.45) is 0 Å². The maximum absolute atomic E-state index is 11.8. The molecule has 17 heavy (non-hydrogen) atoms. The summed E-state index contributed by atoms with van der Waals surface area (Å²) < 4.78 is 0. The van der Waals surface area contributed by atoms with E-state index in [2.05, 4.69) is 6.08 Å². The van der Waals surface area contributed by atoms with Crippen LogP contribution >= 0.6 is 11.8 Å². The van der Waals surface area contributed by atoms with Crippen LogP contribution in [-0.2, 0) is 9.59 Å². The van der Waals surface area contributed by atoms with Gasteiger partial charge in [0.15, 0.2) is 0 Å². The molecule has 1 N–H and O–H groups in total. The lowest BCUT2D eigenvalue weighted by atomic mass is 10.3. The molecule has 1 rings (SSSR count). The van der Waals surface area contributed by atoms with Gasteiger partial charge in [0, 0.05) is 12.7 Å². The molecular weight excluding hydrogens is 238 g/mol. The van der Waals surface area contributed by atoms with Crippen LogP contribution in [0.25, 0.3) is 0 Å². The first-order valence-corrected chi connectivity index (χ1v) is 6.91. The number of amides is 1. The fraction of sp³-hybridized carbons (Fsp3) is 0.667. The monoisotopic (exact) mass is 257 g/mol. The van der Waals surface area contributed by atoms with Gasteiger partial charge < -0.3 is 10.0 Å². The van der Waals surface area contributed by atoms with Crippen molar-refractivity contribution in [3.8, 4) is 0 Å². The van der Waals surface area contributed by atoms with Crippen molar-refractivity contribution in [3.05, 3.63) is 11.8 Å². The molecule has 0 saturated carbocycles. The molecule has 0 aromatic carbocycles. The summed E-state index contributed by atoms with van der Waals surface area (Å²) >= 11 is 1.21. The smallest absolute Gasteiger partial charge is 0.316 e. The molecule has 1 aliphatic rings. The van der Waals surface area contributed by atoms with Crippen molar-refractivity contribution in [1.29, 1.82) is 0 Å². The SMILES string of the molecule is CCC(SCC(=O)N(C)C1=CCCC1)C(=O)O. The minimum absolute atomic E-state index is 0.0112. The third kappa shape index (κ3) is 4.07. The number of hydrogen-bond acceptors (Lipinski definition) is 3. The second kappa shape index (κ2) is 6.69. The Balaban J connectivity index is 2.40. The first-order valence-electron chi connectivity index (χ1n) is 5.86. The van der Waals surface area contributed by atoms with Crippen molar-refractivity contribution in [3.63, 3.8) is 0 Å². The van der Waals surface area contributed by atoms with E-state index in [1.807, 2.05) is 6.92 Å². The Morgan fingerprint density at radius 3 is 2.76 bits per heavy atom. The lowest BCUT2D eigenvalue weighted by Crippen LogP contribution is -2.28. The molecule has 1 amide bonds. The Bertz CT molecular complexity index is 328. The van der Waals surface area contributed by atoms with E-state index in [4.69, 9.17) is 5.11 Å². The van der Waals surface area contributed by atoms with E-state index in [0.717, 1.165) is 25.0 Å². The third-order valence-electron chi connectivity index (χ3n) is 2.88. The minimum atomic E-state index is -0.840. The molecule has 1 unspecified atom stereocenters. The standard InChI is InChI=1S/C12H19NO3S/c1-3-10(12(15)16)17-8-11(14)13(2)9-6-4-5-7-9/h6,10H,3-5,7-8H2,1-2H3,(H,15,16). The van der Waals surface area contributed by atoms with E-state index in [-0.39, 0.29) is 11.7 Å². The van der Waals surface area contributed by atoms with E-state index >= 15 is 0 Å². The molecule has 1 atom stereocenters. The summed E-state index contributed by atoms with van der Waals surface area (Å²) in [6.07, 6.45) is 5.71. The maximum Gasteiger partial charge on any atom is 0.316 e. The Kier molecular flexibility index (Phi) is 5.55. The van der Waals surface area contributed by atoms with Crippen LogP contribution in [0.5, 0.6) is 0 Å². The van der Waals surface area contributed by atoms with Crippen molar-refractivity contribution in [2.45, 2.75) is 37.9 Å². The largest absolute Gasteiger partial charge is 0.480 e. The number of carboxylic acid groups (broad SMARTS) is 1. The maximum atomic E-state index is 11.8. The molecule has 0 fully saturated rings. The van der Waals surface area contributed by atoms with Crippen LogP contribution in [0.3, 0.4) is 0 Å². The van der Waals surface area contributed by atoms with Gasteiger partial charge in [-0.3, -0.25) is 9.59 Å². The molecule has 0 saturated heterocycles. The molecule has 0 aliphatic heterocycles. The molecule has 0 spiro atoms.